The minimum Gasteiger partial charge on any atom is -0.393 e. The van der Waals surface area contributed by atoms with Crippen molar-refractivity contribution in [3.05, 3.63) is 34.0 Å². The van der Waals surface area contributed by atoms with Gasteiger partial charge in [0.05, 0.1) is 11.7 Å². The Morgan fingerprint density at radius 2 is 1.97 bits per heavy atom. The standard InChI is InChI=1S/C28H42O2S/c1-26-15-12-20(29)18-19(26)8-9-22-23-10-11-25(27(23,2)16-13-24(22)26)28(3,30)14-4-6-21-7-5-17-31-21/h5,7-8,17,20,22-25,29-30H,4,6,9-16,18H2,1-3H3/t20-,22-,23-,24-,25-,26-,27-,28-/m0/s1. The van der Waals surface area contributed by atoms with E-state index >= 15 is 0 Å². The van der Waals surface area contributed by atoms with Crippen molar-refractivity contribution < 1.29 is 10.2 Å². The van der Waals surface area contributed by atoms with Gasteiger partial charge in [-0.2, -0.15) is 0 Å². The summed E-state index contributed by atoms with van der Waals surface area (Å²) in [5.41, 5.74) is 1.60. The summed E-state index contributed by atoms with van der Waals surface area (Å²) in [6.07, 6.45) is 14.8. The molecule has 2 nitrogen and oxygen atoms in total. The maximum atomic E-state index is 11.7. The van der Waals surface area contributed by atoms with Crippen LogP contribution in [0.5, 0.6) is 0 Å². The third-order valence-corrected chi connectivity index (χ3v) is 11.5. The molecule has 172 valence electrons. The molecule has 0 aliphatic heterocycles. The lowest BCUT2D eigenvalue weighted by Crippen LogP contribution is -2.53. The molecule has 0 radical (unpaired) electrons. The minimum absolute atomic E-state index is 0.120. The molecule has 1 heterocycles. The van der Waals surface area contributed by atoms with E-state index in [9.17, 15) is 10.2 Å². The van der Waals surface area contributed by atoms with Crippen LogP contribution >= 0.6 is 11.3 Å². The van der Waals surface area contributed by atoms with Gasteiger partial charge in [0, 0.05) is 4.88 Å². The van der Waals surface area contributed by atoms with Crippen LogP contribution in [0.1, 0.15) is 89.9 Å². The van der Waals surface area contributed by atoms with E-state index in [0.717, 1.165) is 56.3 Å². The van der Waals surface area contributed by atoms with Gasteiger partial charge < -0.3 is 10.2 Å². The number of thiophene rings is 1. The highest BCUT2D eigenvalue weighted by Crippen LogP contribution is 2.67. The van der Waals surface area contributed by atoms with E-state index in [-0.39, 0.29) is 11.5 Å². The molecule has 0 amide bonds. The second kappa shape index (κ2) is 7.99. The Morgan fingerprint density at radius 3 is 2.74 bits per heavy atom. The number of fused-ring (bicyclic) bond motifs is 5. The van der Waals surface area contributed by atoms with E-state index in [2.05, 4.69) is 44.4 Å². The lowest BCUT2D eigenvalue weighted by molar-refractivity contribution is -0.105. The van der Waals surface area contributed by atoms with Gasteiger partial charge in [-0.3, -0.25) is 0 Å². The third kappa shape index (κ3) is 3.67. The largest absolute Gasteiger partial charge is 0.393 e. The highest BCUT2D eigenvalue weighted by molar-refractivity contribution is 7.09. The zero-order valence-electron chi connectivity index (χ0n) is 19.8. The van der Waals surface area contributed by atoms with E-state index < -0.39 is 5.60 Å². The van der Waals surface area contributed by atoms with E-state index in [0.29, 0.717) is 11.3 Å². The summed E-state index contributed by atoms with van der Waals surface area (Å²) < 4.78 is 0. The molecule has 5 rings (SSSR count). The zero-order valence-corrected chi connectivity index (χ0v) is 20.6. The molecule has 31 heavy (non-hydrogen) atoms. The molecule has 2 N–H and O–H groups in total. The lowest BCUT2D eigenvalue weighted by Gasteiger charge is -2.59. The van der Waals surface area contributed by atoms with Gasteiger partial charge in [0.2, 0.25) is 0 Å². The Kier molecular flexibility index (Phi) is 5.71. The monoisotopic (exact) mass is 442 g/mol. The Labute approximate surface area is 193 Å². The van der Waals surface area contributed by atoms with Crippen LogP contribution in [-0.4, -0.2) is 21.9 Å². The summed E-state index contributed by atoms with van der Waals surface area (Å²) in [5.74, 6) is 2.73. The molecule has 0 spiro atoms. The zero-order chi connectivity index (χ0) is 21.9. The lowest BCUT2D eigenvalue weighted by atomic mass is 9.46. The predicted molar refractivity (Wildman–Crippen MR) is 129 cm³/mol. The summed E-state index contributed by atoms with van der Waals surface area (Å²) >= 11 is 1.84. The van der Waals surface area contributed by atoms with Crippen LogP contribution in [-0.2, 0) is 6.42 Å². The van der Waals surface area contributed by atoms with E-state index in [1.807, 2.05) is 11.3 Å². The Bertz CT molecular complexity index is 811. The van der Waals surface area contributed by atoms with Crippen molar-refractivity contribution in [2.45, 2.75) is 103 Å². The van der Waals surface area contributed by atoms with Crippen molar-refractivity contribution in [1.29, 1.82) is 0 Å². The van der Waals surface area contributed by atoms with Crippen LogP contribution in [0.25, 0.3) is 0 Å². The molecule has 0 unspecified atom stereocenters. The van der Waals surface area contributed by atoms with Gasteiger partial charge >= 0.3 is 0 Å². The number of hydrogen-bond donors (Lipinski definition) is 2. The first-order valence-corrected chi connectivity index (χ1v) is 13.7. The van der Waals surface area contributed by atoms with Gasteiger partial charge in [0.1, 0.15) is 0 Å². The molecule has 4 aliphatic rings. The quantitative estimate of drug-likeness (QED) is 0.494. The summed E-state index contributed by atoms with van der Waals surface area (Å²) in [5, 5.41) is 24.1. The van der Waals surface area contributed by atoms with Gasteiger partial charge in [-0.1, -0.05) is 31.6 Å². The second-order valence-corrected chi connectivity index (χ2v) is 13.2. The van der Waals surface area contributed by atoms with Crippen molar-refractivity contribution in [2.24, 2.45) is 34.5 Å². The molecule has 3 saturated carbocycles. The average molecular weight is 443 g/mol. The molecule has 3 fully saturated rings. The van der Waals surface area contributed by atoms with E-state index in [4.69, 9.17) is 0 Å². The van der Waals surface area contributed by atoms with E-state index in [1.54, 1.807) is 5.57 Å². The number of aryl methyl sites for hydroxylation is 1. The van der Waals surface area contributed by atoms with Crippen molar-refractivity contribution in [2.75, 3.05) is 0 Å². The molecule has 0 saturated heterocycles. The Hall–Kier alpha value is -0.640. The number of hydrogen-bond acceptors (Lipinski definition) is 3. The molecule has 4 aliphatic carbocycles. The maximum Gasteiger partial charge on any atom is 0.0653 e. The van der Waals surface area contributed by atoms with Gasteiger partial charge in [-0.05, 0) is 124 Å². The molecule has 0 bridgehead atoms. The van der Waals surface area contributed by atoms with Crippen molar-refractivity contribution >= 4 is 11.3 Å². The highest BCUT2D eigenvalue weighted by Gasteiger charge is 2.61. The topological polar surface area (TPSA) is 40.5 Å². The molecular formula is C28H42O2S. The molecule has 1 aromatic rings. The number of allylic oxidation sites excluding steroid dienone is 1. The van der Waals surface area contributed by atoms with Gasteiger partial charge in [0.25, 0.3) is 0 Å². The molecule has 8 atom stereocenters. The second-order valence-electron chi connectivity index (χ2n) is 12.1. The van der Waals surface area contributed by atoms with Crippen LogP contribution in [0, 0.1) is 34.5 Å². The van der Waals surface area contributed by atoms with Crippen LogP contribution in [0.4, 0.5) is 0 Å². The molecule has 0 aromatic carbocycles. The number of aliphatic hydroxyl groups is 2. The Morgan fingerprint density at radius 1 is 1.13 bits per heavy atom. The minimum atomic E-state index is -0.553. The smallest absolute Gasteiger partial charge is 0.0653 e. The van der Waals surface area contributed by atoms with Crippen LogP contribution in [0.3, 0.4) is 0 Å². The SMILES string of the molecule is C[C@]12CC[C@H]3[C@@H](CC=C4C[C@@H](O)CC[C@@]43C)[C@@H]1CC[C@@H]2[C@@](C)(O)CCCc1cccs1. The summed E-state index contributed by atoms with van der Waals surface area (Å²) in [6.45, 7) is 7.19. The fourth-order valence-corrected chi connectivity index (χ4v) is 9.66. The fraction of sp³-hybridized carbons (Fsp3) is 0.786. The first-order chi connectivity index (χ1) is 14.7. The summed E-state index contributed by atoms with van der Waals surface area (Å²) in [4.78, 5) is 1.45. The van der Waals surface area contributed by atoms with Crippen molar-refractivity contribution in [3.63, 3.8) is 0 Å². The Balaban J connectivity index is 1.31. The van der Waals surface area contributed by atoms with Crippen LogP contribution in [0.15, 0.2) is 29.2 Å². The predicted octanol–water partition coefficient (Wildman–Crippen LogP) is 6.76. The number of rotatable bonds is 5. The van der Waals surface area contributed by atoms with E-state index in [1.165, 1.54) is 37.0 Å². The normalized spacial score (nSPS) is 44.0. The first-order valence-electron chi connectivity index (χ1n) is 12.9. The van der Waals surface area contributed by atoms with Gasteiger partial charge in [-0.15, -0.1) is 11.3 Å². The maximum absolute atomic E-state index is 11.7. The molecule has 3 heteroatoms. The third-order valence-electron chi connectivity index (χ3n) is 10.5. The van der Waals surface area contributed by atoms with Crippen LogP contribution < -0.4 is 0 Å². The average Bonchev–Trinajstić information content (AvgIpc) is 3.35. The van der Waals surface area contributed by atoms with Crippen molar-refractivity contribution in [1.82, 2.24) is 0 Å². The highest BCUT2D eigenvalue weighted by atomic mass is 32.1. The van der Waals surface area contributed by atoms with Gasteiger partial charge in [-0.25, -0.2) is 0 Å². The van der Waals surface area contributed by atoms with Crippen LogP contribution in [0.2, 0.25) is 0 Å². The van der Waals surface area contributed by atoms with Crippen molar-refractivity contribution in [3.8, 4) is 0 Å². The molecular weight excluding hydrogens is 400 g/mol. The van der Waals surface area contributed by atoms with Gasteiger partial charge in [0.15, 0.2) is 0 Å². The molecule has 1 aromatic heterocycles. The fourth-order valence-electron chi connectivity index (χ4n) is 8.91. The summed E-state index contributed by atoms with van der Waals surface area (Å²) in [6, 6.07) is 4.36. The first kappa shape index (κ1) is 22.2. The summed E-state index contributed by atoms with van der Waals surface area (Å²) in [7, 11) is 0. The number of aliphatic hydroxyl groups excluding tert-OH is 1.